The van der Waals surface area contributed by atoms with Crippen LogP contribution in [0.3, 0.4) is 0 Å². The zero-order chi connectivity index (χ0) is 25.2. The maximum atomic E-state index is 13.9. The molecule has 1 aliphatic rings. The monoisotopic (exact) mass is 513 g/mol. The van der Waals surface area contributed by atoms with Crippen molar-refractivity contribution in [2.24, 2.45) is 0 Å². The zero-order valence-corrected chi connectivity index (χ0v) is 20.8. The molecule has 1 aromatic carbocycles. The van der Waals surface area contributed by atoms with Crippen molar-refractivity contribution < 1.29 is 23.5 Å². The van der Waals surface area contributed by atoms with Crippen LogP contribution < -0.4 is 10.5 Å². The van der Waals surface area contributed by atoms with E-state index in [-0.39, 0.29) is 33.0 Å². The topological polar surface area (TPSA) is 111 Å². The van der Waals surface area contributed by atoms with Gasteiger partial charge in [0.25, 0.3) is 11.8 Å². The molecule has 34 heavy (non-hydrogen) atoms. The highest BCUT2D eigenvalue weighted by Gasteiger charge is 2.29. The standard InChI is InChI=1S/C22H26Cl2FN5O4/c1-12(16-13(23)5-6-14(25)17(16)24)33-19-18(26)27-11-15(28-19)20(31)29-7-9-30(10-8-29)21(32)34-22(2,3)4/h5-6,11-12H,7-10H2,1-4H3,(H2,26,27)/t12-/m1/s1. The van der Waals surface area contributed by atoms with Crippen molar-refractivity contribution >= 4 is 41.0 Å². The summed E-state index contributed by atoms with van der Waals surface area (Å²) in [7, 11) is 0. The summed E-state index contributed by atoms with van der Waals surface area (Å²) < 4.78 is 25.0. The highest BCUT2D eigenvalue weighted by Crippen LogP contribution is 2.35. The first-order valence-corrected chi connectivity index (χ1v) is 11.3. The summed E-state index contributed by atoms with van der Waals surface area (Å²) in [6, 6.07) is 2.51. The van der Waals surface area contributed by atoms with Crippen LogP contribution in [-0.4, -0.2) is 63.5 Å². The van der Waals surface area contributed by atoms with Crippen molar-refractivity contribution in [1.82, 2.24) is 19.8 Å². The molecule has 2 heterocycles. The van der Waals surface area contributed by atoms with E-state index in [0.29, 0.717) is 26.2 Å². The minimum absolute atomic E-state index is 0.0126. The summed E-state index contributed by atoms with van der Waals surface area (Å²) in [6.07, 6.45) is -0.00125. The molecule has 9 nitrogen and oxygen atoms in total. The number of benzene rings is 1. The van der Waals surface area contributed by atoms with Crippen molar-refractivity contribution in [2.45, 2.75) is 39.4 Å². The van der Waals surface area contributed by atoms with Crippen LogP contribution in [0, 0.1) is 5.82 Å². The maximum absolute atomic E-state index is 13.9. The molecule has 1 atom stereocenters. The molecule has 0 unspecified atom stereocenters. The van der Waals surface area contributed by atoms with E-state index in [1.54, 1.807) is 37.5 Å². The molecule has 1 aromatic heterocycles. The fourth-order valence-corrected chi connectivity index (χ4v) is 3.97. The average molecular weight is 514 g/mol. The van der Waals surface area contributed by atoms with Gasteiger partial charge >= 0.3 is 6.09 Å². The Kier molecular flexibility index (Phi) is 7.72. The number of nitrogens with two attached hydrogens (primary N) is 1. The number of halogens is 3. The number of hydrogen-bond donors (Lipinski definition) is 1. The van der Waals surface area contributed by atoms with E-state index in [1.165, 1.54) is 12.3 Å². The molecule has 0 bridgehead atoms. The van der Waals surface area contributed by atoms with Crippen LogP contribution in [0.5, 0.6) is 5.88 Å². The van der Waals surface area contributed by atoms with Crippen LogP contribution in [0.15, 0.2) is 18.3 Å². The Labute approximate surface area is 206 Å². The Bertz CT molecular complexity index is 1090. The Morgan fingerprint density at radius 1 is 1.15 bits per heavy atom. The van der Waals surface area contributed by atoms with E-state index >= 15 is 0 Å². The van der Waals surface area contributed by atoms with E-state index in [4.69, 9.17) is 38.4 Å². The number of rotatable bonds is 4. The predicted molar refractivity (Wildman–Crippen MR) is 126 cm³/mol. The summed E-state index contributed by atoms with van der Waals surface area (Å²) >= 11 is 12.2. The van der Waals surface area contributed by atoms with Gasteiger partial charge in [0, 0.05) is 36.8 Å². The number of piperazine rings is 1. The molecule has 0 aliphatic carbocycles. The van der Waals surface area contributed by atoms with Crippen molar-refractivity contribution in [3.8, 4) is 5.88 Å². The van der Waals surface area contributed by atoms with Gasteiger partial charge in [-0.1, -0.05) is 23.2 Å². The first-order chi connectivity index (χ1) is 15.9. The van der Waals surface area contributed by atoms with Crippen molar-refractivity contribution in [3.05, 3.63) is 45.4 Å². The highest BCUT2D eigenvalue weighted by molar-refractivity contribution is 6.36. The summed E-state index contributed by atoms with van der Waals surface area (Å²) in [6.45, 7) is 8.21. The number of amides is 2. The summed E-state index contributed by atoms with van der Waals surface area (Å²) in [5.41, 5.74) is 5.51. The third-order valence-corrected chi connectivity index (χ3v) is 5.69. The smallest absolute Gasteiger partial charge is 0.410 e. The van der Waals surface area contributed by atoms with Gasteiger partial charge in [0.05, 0.1) is 11.2 Å². The van der Waals surface area contributed by atoms with Crippen LogP contribution in [0.25, 0.3) is 0 Å². The molecule has 0 radical (unpaired) electrons. The fraction of sp³-hybridized carbons (Fsp3) is 0.455. The van der Waals surface area contributed by atoms with Crippen molar-refractivity contribution in [2.75, 3.05) is 31.9 Å². The van der Waals surface area contributed by atoms with E-state index in [0.717, 1.165) is 6.07 Å². The third kappa shape index (κ3) is 5.98. The molecular weight excluding hydrogens is 488 g/mol. The van der Waals surface area contributed by atoms with E-state index < -0.39 is 29.5 Å². The van der Waals surface area contributed by atoms with E-state index in [1.807, 2.05) is 0 Å². The highest BCUT2D eigenvalue weighted by atomic mass is 35.5. The Hall–Kier alpha value is -2.85. The molecule has 2 amide bonds. The Morgan fingerprint density at radius 3 is 2.38 bits per heavy atom. The molecule has 2 aromatic rings. The quantitative estimate of drug-likeness (QED) is 0.605. The minimum Gasteiger partial charge on any atom is -0.467 e. The second-order valence-electron chi connectivity index (χ2n) is 8.72. The SMILES string of the molecule is C[C@@H](Oc1nc(C(=O)N2CCN(C(=O)OC(C)(C)C)CC2)cnc1N)c1c(Cl)ccc(F)c1Cl. The first-order valence-electron chi connectivity index (χ1n) is 10.6. The van der Waals surface area contributed by atoms with Crippen LogP contribution in [-0.2, 0) is 4.74 Å². The van der Waals surface area contributed by atoms with Gasteiger partial charge in [-0.2, -0.15) is 0 Å². The molecule has 0 saturated carbocycles. The molecule has 1 fully saturated rings. The van der Waals surface area contributed by atoms with E-state index in [9.17, 15) is 14.0 Å². The maximum Gasteiger partial charge on any atom is 0.410 e. The fourth-order valence-electron chi connectivity index (χ4n) is 3.29. The van der Waals surface area contributed by atoms with Crippen molar-refractivity contribution in [3.63, 3.8) is 0 Å². The number of nitrogen functional groups attached to an aromatic ring is 1. The van der Waals surface area contributed by atoms with Gasteiger partial charge in [0.1, 0.15) is 17.5 Å². The number of anilines is 1. The third-order valence-electron chi connectivity index (χ3n) is 4.98. The zero-order valence-electron chi connectivity index (χ0n) is 19.3. The number of ether oxygens (including phenoxy) is 2. The minimum atomic E-state index is -0.824. The number of hydrogen-bond acceptors (Lipinski definition) is 7. The Morgan fingerprint density at radius 2 is 1.76 bits per heavy atom. The van der Waals surface area contributed by atoms with Gasteiger partial charge in [0.15, 0.2) is 11.5 Å². The summed E-state index contributed by atoms with van der Waals surface area (Å²) in [4.78, 5) is 36.5. The lowest BCUT2D eigenvalue weighted by Crippen LogP contribution is -2.51. The number of carbonyl (C=O) groups is 2. The number of carbonyl (C=O) groups excluding carboxylic acids is 2. The van der Waals surface area contributed by atoms with Gasteiger partial charge in [-0.15, -0.1) is 0 Å². The lowest BCUT2D eigenvalue weighted by molar-refractivity contribution is 0.0140. The van der Waals surface area contributed by atoms with Gasteiger partial charge in [-0.3, -0.25) is 4.79 Å². The lowest BCUT2D eigenvalue weighted by atomic mass is 10.1. The second-order valence-corrected chi connectivity index (χ2v) is 9.51. The Balaban J connectivity index is 1.70. The predicted octanol–water partition coefficient (Wildman–Crippen LogP) is 4.34. The van der Waals surface area contributed by atoms with E-state index in [2.05, 4.69) is 9.97 Å². The second kappa shape index (κ2) is 10.2. The van der Waals surface area contributed by atoms with Gasteiger partial charge in [0.2, 0.25) is 0 Å². The normalized spacial score (nSPS) is 15.1. The molecule has 1 saturated heterocycles. The molecule has 0 spiro atoms. The molecule has 2 N–H and O–H groups in total. The van der Waals surface area contributed by atoms with Gasteiger partial charge < -0.3 is 25.0 Å². The molecule has 3 rings (SSSR count). The molecule has 1 aliphatic heterocycles. The van der Waals surface area contributed by atoms with Gasteiger partial charge in [-0.25, -0.2) is 19.2 Å². The van der Waals surface area contributed by atoms with Crippen molar-refractivity contribution in [1.29, 1.82) is 0 Å². The van der Waals surface area contributed by atoms with Crippen LogP contribution in [0.2, 0.25) is 10.0 Å². The summed E-state index contributed by atoms with van der Waals surface area (Å²) in [5.74, 6) is -1.20. The van der Waals surface area contributed by atoms with Crippen LogP contribution >= 0.6 is 23.2 Å². The summed E-state index contributed by atoms with van der Waals surface area (Å²) in [5, 5.41) is 0.0298. The van der Waals surface area contributed by atoms with Crippen LogP contribution in [0.1, 0.15) is 49.9 Å². The first kappa shape index (κ1) is 25.8. The lowest BCUT2D eigenvalue weighted by Gasteiger charge is -2.35. The largest absolute Gasteiger partial charge is 0.467 e. The molecular formula is C22H26Cl2FN5O4. The average Bonchev–Trinajstić information content (AvgIpc) is 2.76. The van der Waals surface area contributed by atoms with Crippen LogP contribution in [0.4, 0.5) is 15.0 Å². The molecule has 184 valence electrons. The number of aromatic nitrogens is 2. The van der Waals surface area contributed by atoms with Gasteiger partial charge in [-0.05, 0) is 39.8 Å². The molecule has 12 heteroatoms. The number of nitrogens with zero attached hydrogens (tertiary/aromatic N) is 4.